The van der Waals surface area contributed by atoms with Crippen molar-refractivity contribution in [1.82, 2.24) is 0 Å². The molecule has 0 amide bonds. The normalized spacial score (nSPS) is 36.5. The molecule has 6 heterocycles. The summed E-state index contributed by atoms with van der Waals surface area (Å²) in [6.45, 7) is 39.1. The molecule has 0 radical (unpaired) electrons. The first-order valence-electron chi connectivity index (χ1n) is 42.9. The number of rotatable bonds is 31. The molecule has 32 atom stereocenters. The molecular formula is C90H152O24. The zero-order valence-corrected chi connectivity index (χ0v) is 72.9. The molecule has 0 bridgehead atoms. The highest BCUT2D eigenvalue weighted by Crippen LogP contribution is 2.41. The van der Waals surface area contributed by atoms with E-state index in [2.05, 4.69) is 52.8 Å². The molecule has 6 aliphatic heterocycles. The average Bonchev–Trinajstić information content (AvgIpc) is 1.66. The van der Waals surface area contributed by atoms with E-state index < -0.39 is 108 Å². The maximum absolute atomic E-state index is 12.6. The predicted molar refractivity (Wildman–Crippen MR) is 435 cm³/mol. The van der Waals surface area contributed by atoms with Crippen molar-refractivity contribution in [2.45, 2.75) is 407 Å². The van der Waals surface area contributed by atoms with E-state index in [4.69, 9.17) is 42.6 Å². The second-order valence-corrected chi connectivity index (χ2v) is 35.8. The zero-order valence-electron chi connectivity index (χ0n) is 72.9. The van der Waals surface area contributed by atoms with Gasteiger partial charge in [-0.15, -0.1) is 0 Å². The summed E-state index contributed by atoms with van der Waals surface area (Å²) in [4.78, 5) is 72.9. The lowest BCUT2D eigenvalue weighted by Crippen LogP contribution is -2.42. The summed E-state index contributed by atoms with van der Waals surface area (Å²) in [7, 11) is 0. The van der Waals surface area contributed by atoms with Gasteiger partial charge >= 0.3 is 35.8 Å². The van der Waals surface area contributed by atoms with Gasteiger partial charge in [-0.05, 0) is 184 Å². The van der Waals surface area contributed by atoms with Crippen molar-refractivity contribution >= 4 is 35.8 Å². The molecule has 3 fully saturated rings. The minimum Gasteiger partial charge on any atom is -0.461 e. The van der Waals surface area contributed by atoms with Crippen LogP contribution in [0.15, 0.2) is 60.3 Å². The molecule has 0 aliphatic carbocycles. The van der Waals surface area contributed by atoms with Crippen molar-refractivity contribution in [2.24, 2.45) is 65.1 Å². The van der Waals surface area contributed by atoms with Gasteiger partial charge in [0.05, 0.1) is 92.5 Å². The van der Waals surface area contributed by atoms with E-state index in [-0.39, 0.29) is 160 Å². The van der Waals surface area contributed by atoms with Crippen LogP contribution in [0, 0.1) is 65.1 Å². The molecule has 24 nitrogen and oxygen atoms in total. The maximum atomic E-state index is 12.6. The number of aliphatic hydroxyl groups is 9. The molecule has 6 rings (SSSR count). The van der Waals surface area contributed by atoms with Gasteiger partial charge in [0, 0.05) is 56.3 Å². The summed E-state index contributed by atoms with van der Waals surface area (Å²) in [5, 5.41) is 94.1. The molecule has 6 aliphatic rings. The van der Waals surface area contributed by atoms with Crippen LogP contribution in [-0.4, -0.2) is 208 Å². The number of esters is 6. The molecule has 9 N–H and O–H groups in total. The summed E-state index contributed by atoms with van der Waals surface area (Å²) in [6.07, 6.45) is 20.9. The minimum absolute atomic E-state index is 0.0144. The van der Waals surface area contributed by atoms with Gasteiger partial charge in [0.1, 0.15) is 53.4 Å². The molecule has 0 aromatic carbocycles. The van der Waals surface area contributed by atoms with E-state index in [9.17, 15) is 74.7 Å². The Bertz CT molecular complexity index is 3070. The fourth-order valence-corrected chi connectivity index (χ4v) is 16.2. The molecule has 3 saturated heterocycles. The van der Waals surface area contributed by atoms with Crippen molar-refractivity contribution in [3.8, 4) is 0 Å². The largest absolute Gasteiger partial charge is 0.461 e. The van der Waals surface area contributed by atoms with Crippen molar-refractivity contribution < 1.29 is 117 Å². The Labute approximate surface area is 682 Å². The van der Waals surface area contributed by atoms with Crippen LogP contribution >= 0.6 is 0 Å². The third-order valence-electron chi connectivity index (χ3n) is 24.3. The highest BCUT2D eigenvalue weighted by atomic mass is 16.6. The standard InChI is InChI=1S/C30H52O8.2C30H50O8/c3*1-8-24(33)21(5)29-25(37-29)16-18(2)10-9-11-19(3)28-20(4)12-13-26(36-22(6)31)30(7,35)15-14-23(32)17-27(34)38-28/h12-13,18-21,23-26,28-29,32-33,35H,8-11,14-17H2,1-7H3;11-13,18,20-21,23-26,28-29,32-33,35H,8-10,14-17H2,1-7H3;9-10,12-13,18-21,23-26,28-29,32-33,35H,8,11,14-17H2,1-7H3/b13-12+;13-12+,19-11+;10-9+,13-12+. The second-order valence-electron chi connectivity index (χ2n) is 35.8. The molecule has 0 aromatic rings. The SMILES string of the molecule is CCC(O)C(C)C1OC1CC(C)/C=C/CC(C)C1OC(=O)CC(O)CCC(C)(O)C(OC(C)=O)/C=C/C1C.CCC(O)C(C)C1OC1CC(C)CC/C=C(\C)C1OC(=O)CC(O)CCC(C)(O)C(OC(C)=O)/C=C/C1C.CCC(O)C(C)C1OC1CC(C)CCCC(C)C1OC(=O)CC(O)CCC(C)(O)C(OC(C)=O)/C=C/C1C. The summed E-state index contributed by atoms with van der Waals surface area (Å²) in [6, 6.07) is 0. The molecular weight excluding hydrogens is 1460 g/mol. The highest BCUT2D eigenvalue weighted by molar-refractivity contribution is 5.71. The number of hydrogen-bond acceptors (Lipinski definition) is 24. The van der Waals surface area contributed by atoms with Crippen LogP contribution in [-0.2, 0) is 71.4 Å². The van der Waals surface area contributed by atoms with Gasteiger partial charge < -0.3 is 88.6 Å². The fraction of sp³-hybridized carbons (Fsp3) is 0.822. The Morgan fingerprint density at radius 1 is 0.482 bits per heavy atom. The number of aliphatic hydroxyl groups excluding tert-OH is 6. The molecule has 32 unspecified atom stereocenters. The van der Waals surface area contributed by atoms with Crippen LogP contribution in [0.4, 0.5) is 0 Å². The van der Waals surface area contributed by atoms with Crippen molar-refractivity contribution in [1.29, 1.82) is 0 Å². The monoisotopic (exact) mass is 1620 g/mol. The average molecular weight is 1620 g/mol. The Morgan fingerprint density at radius 3 is 1.19 bits per heavy atom. The summed E-state index contributed by atoms with van der Waals surface area (Å²) in [5.74, 6) is -1.81. The van der Waals surface area contributed by atoms with Crippen LogP contribution in [0.3, 0.4) is 0 Å². The lowest BCUT2D eigenvalue weighted by atomic mass is 9.85. The van der Waals surface area contributed by atoms with Crippen LogP contribution in [0.5, 0.6) is 0 Å². The van der Waals surface area contributed by atoms with E-state index in [1.165, 1.54) is 20.8 Å². The molecule has 0 saturated carbocycles. The molecule has 0 aromatic heterocycles. The Kier molecular flexibility index (Phi) is 43.0. The summed E-state index contributed by atoms with van der Waals surface area (Å²) in [5.41, 5.74) is -3.24. The van der Waals surface area contributed by atoms with Crippen LogP contribution < -0.4 is 0 Å². The Balaban J connectivity index is 0.000000360. The van der Waals surface area contributed by atoms with Gasteiger partial charge in [0.2, 0.25) is 0 Å². The summed E-state index contributed by atoms with van der Waals surface area (Å²) < 4.78 is 51.2. The number of carbonyl (C=O) groups is 6. The first kappa shape index (κ1) is 101. The topological polar surface area (TPSA) is 377 Å². The van der Waals surface area contributed by atoms with Crippen LogP contribution in [0.2, 0.25) is 0 Å². The number of epoxide rings is 3. The first-order chi connectivity index (χ1) is 53.2. The van der Waals surface area contributed by atoms with Gasteiger partial charge in [-0.3, -0.25) is 28.8 Å². The number of ether oxygens (including phenoxy) is 9. The maximum Gasteiger partial charge on any atom is 0.309 e. The van der Waals surface area contributed by atoms with Gasteiger partial charge in [-0.1, -0.05) is 146 Å². The van der Waals surface area contributed by atoms with Gasteiger partial charge in [-0.2, -0.15) is 0 Å². The zero-order chi connectivity index (χ0) is 85.9. The van der Waals surface area contributed by atoms with E-state index in [1.54, 1.807) is 39.0 Å². The third kappa shape index (κ3) is 35.5. The lowest BCUT2D eigenvalue weighted by Gasteiger charge is -2.33. The van der Waals surface area contributed by atoms with Gasteiger partial charge in [0.25, 0.3) is 0 Å². The molecule has 0 spiro atoms. The lowest BCUT2D eigenvalue weighted by molar-refractivity contribution is -0.160. The predicted octanol–water partition coefficient (Wildman–Crippen LogP) is 12.7. The fourth-order valence-electron chi connectivity index (χ4n) is 16.2. The van der Waals surface area contributed by atoms with Crippen molar-refractivity contribution in [2.75, 3.05) is 0 Å². The third-order valence-corrected chi connectivity index (χ3v) is 24.3. The van der Waals surface area contributed by atoms with E-state index >= 15 is 0 Å². The Hall–Kier alpha value is -4.96. The number of cyclic esters (lactones) is 3. The smallest absolute Gasteiger partial charge is 0.309 e. The second kappa shape index (κ2) is 48.3. The van der Waals surface area contributed by atoms with Gasteiger partial charge in [-0.25, -0.2) is 0 Å². The first-order valence-corrected chi connectivity index (χ1v) is 42.9. The highest BCUT2D eigenvalue weighted by Gasteiger charge is 2.48. The molecule has 656 valence electrons. The van der Waals surface area contributed by atoms with Crippen molar-refractivity contribution in [3.05, 3.63) is 60.3 Å². The van der Waals surface area contributed by atoms with E-state index in [1.807, 2.05) is 87.5 Å². The van der Waals surface area contributed by atoms with E-state index in [0.717, 1.165) is 76.2 Å². The van der Waals surface area contributed by atoms with Crippen molar-refractivity contribution in [3.63, 3.8) is 0 Å². The molecule has 24 heteroatoms. The molecule has 114 heavy (non-hydrogen) atoms. The summed E-state index contributed by atoms with van der Waals surface area (Å²) >= 11 is 0. The van der Waals surface area contributed by atoms with Gasteiger partial charge in [0.15, 0.2) is 0 Å². The minimum atomic E-state index is -1.39. The Morgan fingerprint density at radius 2 is 0.825 bits per heavy atom. The number of hydrogen-bond donors (Lipinski definition) is 9. The quantitative estimate of drug-likeness (QED) is 0.0135. The number of carbonyl (C=O) groups excluding carboxylic acids is 6. The van der Waals surface area contributed by atoms with Crippen LogP contribution in [0.1, 0.15) is 280 Å². The van der Waals surface area contributed by atoms with E-state index in [0.29, 0.717) is 24.2 Å². The van der Waals surface area contributed by atoms with Crippen LogP contribution in [0.25, 0.3) is 0 Å². The number of allylic oxidation sites excluding steroid dienone is 3.